The Morgan fingerprint density at radius 1 is 1.50 bits per heavy atom. The van der Waals surface area contributed by atoms with Gasteiger partial charge >= 0.3 is 0 Å². The molecule has 0 radical (unpaired) electrons. The molecule has 1 saturated heterocycles. The zero-order valence-corrected chi connectivity index (χ0v) is 11.4. The molecule has 7 heteroatoms. The normalized spacial score (nSPS) is 21.7. The van der Waals surface area contributed by atoms with Crippen molar-refractivity contribution in [3.8, 4) is 0 Å². The lowest BCUT2D eigenvalue weighted by molar-refractivity contribution is -0.385. The number of nitrogens with one attached hydrogen (secondary N) is 2. The first-order valence-electron chi connectivity index (χ1n) is 6.32. The minimum Gasteiger partial charge on any atom is -0.378 e. The van der Waals surface area contributed by atoms with Gasteiger partial charge in [-0.3, -0.25) is 14.9 Å². The van der Waals surface area contributed by atoms with Crippen LogP contribution in [0.25, 0.3) is 0 Å². The average Bonchev–Trinajstić information content (AvgIpc) is 2.86. The zero-order valence-electron chi connectivity index (χ0n) is 11.4. The predicted octanol–water partition coefficient (Wildman–Crippen LogP) is 0.620. The Balaban J connectivity index is 2.13. The largest absolute Gasteiger partial charge is 0.378 e. The third-order valence-corrected chi connectivity index (χ3v) is 3.45. The van der Waals surface area contributed by atoms with Gasteiger partial charge in [0.2, 0.25) is 0 Å². The topological polar surface area (TPSA) is 93.5 Å². The molecule has 7 nitrogen and oxygen atoms in total. The molecule has 1 aliphatic heterocycles. The molecule has 2 atom stereocenters. The SMILES string of the molecule is CO[C@H]1CNCC1NC(=O)c1ccc(C)c([N+](=O)[O-])c1. The van der Waals surface area contributed by atoms with Crippen molar-refractivity contribution in [1.29, 1.82) is 0 Å². The fourth-order valence-electron chi connectivity index (χ4n) is 2.25. The van der Waals surface area contributed by atoms with E-state index in [0.29, 0.717) is 18.7 Å². The molecule has 108 valence electrons. The molecule has 1 heterocycles. The van der Waals surface area contributed by atoms with E-state index < -0.39 is 4.92 Å². The summed E-state index contributed by atoms with van der Waals surface area (Å²) in [6.07, 6.45) is -0.0839. The first kappa shape index (κ1) is 14.4. The van der Waals surface area contributed by atoms with Crippen LogP contribution >= 0.6 is 0 Å². The van der Waals surface area contributed by atoms with Crippen LogP contribution in [0.5, 0.6) is 0 Å². The number of carbonyl (C=O) groups is 1. The number of nitro groups is 1. The highest BCUT2D eigenvalue weighted by Gasteiger charge is 2.28. The van der Waals surface area contributed by atoms with Crippen LogP contribution in [-0.4, -0.2) is 43.2 Å². The molecule has 1 amide bonds. The van der Waals surface area contributed by atoms with Gasteiger partial charge in [0.25, 0.3) is 11.6 Å². The quantitative estimate of drug-likeness (QED) is 0.622. The van der Waals surface area contributed by atoms with Gasteiger partial charge in [0, 0.05) is 37.4 Å². The molecule has 0 spiro atoms. The van der Waals surface area contributed by atoms with Crippen molar-refractivity contribution in [2.75, 3.05) is 20.2 Å². The second-order valence-corrected chi connectivity index (χ2v) is 4.77. The average molecular weight is 279 g/mol. The van der Waals surface area contributed by atoms with E-state index >= 15 is 0 Å². The van der Waals surface area contributed by atoms with E-state index in [1.807, 2.05) is 0 Å². The van der Waals surface area contributed by atoms with Gasteiger partial charge in [0.15, 0.2) is 0 Å². The summed E-state index contributed by atoms with van der Waals surface area (Å²) in [5.74, 6) is -0.330. The summed E-state index contributed by atoms with van der Waals surface area (Å²) < 4.78 is 5.26. The monoisotopic (exact) mass is 279 g/mol. The molecular weight excluding hydrogens is 262 g/mol. The maximum Gasteiger partial charge on any atom is 0.273 e. The van der Waals surface area contributed by atoms with Gasteiger partial charge in [-0.05, 0) is 13.0 Å². The van der Waals surface area contributed by atoms with Gasteiger partial charge in [0.05, 0.1) is 17.1 Å². The number of benzene rings is 1. The Morgan fingerprint density at radius 2 is 2.25 bits per heavy atom. The van der Waals surface area contributed by atoms with Gasteiger partial charge in [-0.2, -0.15) is 0 Å². The number of nitro benzene ring substituents is 1. The van der Waals surface area contributed by atoms with Crippen molar-refractivity contribution in [2.24, 2.45) is 0 Å². The van der Waals surface area contributed by atoms with E-state index in [-0.39, 0.29) is 29.3 Å². The van der Waals surface area contributed by atoms with Crippen molar-refractivity contribution < 1.29 is 14.5 Å². The number of hydrogen-bond acceptors (Lipinski definition) is 5. The number of methoxy groups -OCH3 is 1. The molecule has 1 unspecified atom stereocenters. The molecule has 2 rings (SSSR count). The Morgan fingerprint density at radius 3 is 2.90 bits per heavy atom. The fraction of sp³-hybridized carbons (Fsp3) is 0.462. The summed E-state index contributed by atoms with van der Waals surface area (Å²) in [5.41, 5.74) is 0.762. The van der Waals surface area contributed by atoms with Crippen LogP contribution in [0, 0.1) is 17.0 Å². The Bertz CT molecular complexity index is 532. The first-order valence-corrected chi connectivity index (χ1v) is 6.32. The minimum atomic E-state index is -0.485. The van der Waals surface area contributed by atoms with Gasteiger partial charge < -0.3 is 15.4 Å². The maximum atomic E-state index is 12.1. The van der Waals surface area contributed by atoms with Crippen LogP contribution in [0.1, 0.15) is 15.9 Å². The third kappa shape index (κ3) is 2.94. The number of hydrogen-bond donors (Lipinski definition) is 2. The zero-order chi connectivity index (χ0) is 14.7. The standard InChI is InChI=1S/C13H17N3O4/c1-8-3-4-9(5-11(8)16(18)19)13(17)15-10-6-14-7-12(10)20-2/h3-5,10,12,14H,6-7H2,1-2H3,(H,15,17)/t10?,12-/m0/s1. The maximum absolute atomic E-state index is 12.1. The van der Waals surface area contributed by atoms with Crippen LogP contribution < -0.4 is 10.6 Å². The number of rotatable bonds is 4. The van der Waals surface area contributed by atoms with Gasteiger partial charge in [-0.15, -0.1) is 0 Å². The van der Waals surface area contributed by atoms with E-state index in [1.54, 1.807) is 26.2 Å². The molecule has 0 bridgehead atoms. The highest BCUT2D eigenvalue weighted by Crippen LogP contribution is 2.19. The lowest BCUT2D eigenvalue weighted by Crippen LogP contribution is -2.43. The Hall–Kier alpha value is -1.99. The summed E-state index contributed by atoms with van der Waals surface area (Å²) in [5, 5.41) is 16.8. The minimum absolute atomic E-state index is 0.0505. The van der Waals surface area contributed by atoms with E-state index in [9.17, 15) is 14.9 Å². The van der Waals surface area contributed by atoms with E-state index in [2.05, 4.69) is 10.6 Å². The van der Waals surface area contributed by atoms with Crippen LogP contribution in [0.4, 0.5) is 5.69 Å². The van der Waals surface area contributed by atoms with Crippen molar-refractivity contribution in [1.82, 2.24) is 10.6 Å². The van der Waals surface area contributed by atoms with Crippen LogP contribution in [0.15, 0.2) is 18.2 Å². The smallest absolute Gasteiger partial charge is 0.273 e. The fourth-order valence-corrected chi connectivity index (χ4v) is 2.25. The van der Waals surface area contributed by atoms with Crippen molar-refractivity contribution in [3.63, 3.8) is 0 Å². The van der Waals surface area contributed by atoms with Crippen LogP contribution in [0.2, 0.25) is 0 Å². The summed E-state index contributed by atoms with van der Waals surface area (Å²) in [6.45, 7) is 2.94. The van der Waals surface area contributed by atoms with Gasteiger partial charge in [0.1, 0.15) is 0 Å². The number of aryl methyl sites for hydroxylation is 1. The number of amides is 1. The molecule has 20 heavy (non-hydrogen) atoms. The van der Waals surface area contributed by atoms with E-state index in [4.69, 9.17) is 4.74 Å². The molecular formula is C13H17N3O4. The van der Waals surface area contributed by atoms with E-state index in [0.717, 1.165) is 0 Å². The molecule has 1 aromatic carbocycles. The highest BCUT2D eigenvalue weighted by molar-refractivity contribution is 5.95. The summed E-state index contributed by atoms with van der Waals surface area (Å²) in [4.78, 5) is 22.5. The second kappa shape index (κ2) is 5.98. The highest BCUT2D eigenvalue weighted by atomic mass is 16.6. The molecule has 1 aromatic rings. The van der Waals surface area contributed by atoms with Gasteiger partial charge in [-0.1, -0.05) is 6.07 Å². The molecule has 1 fully saturated rings. The number of ether oxygens (including phenoxy) is 1. The Labute approximate surface area is 116 Å². The summed E-state index contributed by atoms with van der Waals surface area (Å²) >= 11 is 0. The predicted molar refractivity (Wildman–Crippen MR) is 72.8 cm³/mol. The lowest BCUT2D eigenvalue weighted by atomic mass is 10.1. The van der Waals surface area contributed by atoms with E-state index in [1.165, 1.54) is 6.07 Å². The second-order valence-electron chi connectivity index (χ2n) is 4.77. The van der Waals surface area contributed by atoms with Crippen molar-refractivity contribution in [2.45, 2.75) is 19.1 Å². The molecule has 0 aromatic heterocycles. The third-order valence-electron chi connectivity index (χ3n) is 3.45. The molecule has 0 saturated carbocycles. The van der Waals surface area contributed by atoms with Gasteiger partial charge in [-0.25, -0.2) is 0 Å². The summed E-state index contributed by atoms with van der Waals surface area (Å²) in [6, 6.07) is 4.33. The van der Waals surface area contributed by atoms with Crippen molar-refractivity contribution in [3.05, 3.63) is 39.4 Å². The van der Waals surface area contributed by atoms with Crippen molar-refractivity contribution >= 4 is 11.6 Å². The van der Waals surface area contributed by atoms with Crippen LogP contribution in [-0.2, 0) is 4.74 Å². The summed E-state index contributed by atoms with van der Waals surface area (Å²) in [7, 11) is 1.59. The lowest BCUT2D eigenvalue weighted by Gasteiger charge is -2.18. The molecule has 2 N–H and O–H groups in total. The number of nitrogens with zero attached hydrogens (tertiary/aromatic N) is 1. The Kier molecular flexibility index (Phi) is 4.31. The first-order chi connectivity index (χ1) is 9.52. The molecule has 1 aliphatic rings. The number of carbonyl (C=O) groups excluding carboxylic acids is 1. The molecule has 0 aliphatic carbocycles. The van der Waals surface area contributed by atoms with Crippen LogP contribution in [0.3, 0.4) is 0 Å².